The Morgan fingerprint density at radius 1 is 0.929 bits per heavy atom. The molecule has 0 radical (unpaired) electrons. The second-order valence-electron chi connectivity index (χ2n) is 4.03. The van der Waals surface area contributed by atoms with E-state index in [0.29, 0.717) is 0 Å². The van der Waals surface area contributed by atoms with Crippen molar-refractivity contribution in [3.05, 3.63) is 0 Å². The second kappa shape index (κ2) is 11.0. The normalized spacial score (nSPS) is 13.1. The van der Waals surface area contributed by atoms with Gasteiger partial charge in [0.2, 0.25) is 0 Å². The summed E-state index contributed by atoms with van der Waals surface area (Å²) in [6.45, 7) is 5.36. The third-order valence-electron chi connectivity index (χ3n) is 2.49. The van der Waals surface area contributed by atoms with E-state index in [0.717, 1.165) is 19.4 Å². The smallest absolute Gasteiger partial charge is 0.104 e. The average molecular weight is 201 g/mol. The fourth-order valence-electron chi connectivity index (χ4n) is 1.51. The van der Waals surface area contributed by atoms with Gasteiger partial charge in [0, 0.05) is 0 Å². The Morgan fingerprint density at radius 3 is 2.21 bits per heavy atom. The lowest BCUT2D eigenvalue weighted by Crippen LogP contribution is -2.29. The number of aliphatic hydroxyl groups excluding tert-OH is 1. The standard InChI is InChI=1S/C12H27NO/c1-3-5-7-8-10-12(14)13-11-9-6-4-2/h12-14H,3-11H2,1-2H3. The molecule has 2 nitrogen and oxygen atoms in total. The van der Waals surface area contributed by atoms with Gasteiger partial charge in [-0.15, -0.1) is 0 Å². The van der Waals surface area contributed by atoms with Crippen molar-refractivity contribution in [2.24, 2.45) is 0 Å². The maximum Gasteiger partial charge on any atom is 0.104 e. The van der Waals surface area contributed by atoms with E-state index in [9.17, 15) is 5.11 Å². The number of unbranched alkanes of at least 4 members (excludes halogenated alkanes) is 5. The maximum atomic E-state index is 9.54. The molecule has 0 bridgehead atoms. The van der Waals surface area contributed by atoms with Gasteiger partial charge >= 0.3 is 0 Å². The van der Waals surface area contributed by atoms with E-state index in [-0.39, 0.29) is 6.23 Å². The predicted molar refractivity (Wildman–Crippen MR) is 62.3 cm³/mol. The number of nitrogens with one attached hydrogen (secondary N) is 1. The van der Waals surface area contributed by atoms with Gasteiger partial charge in [-0.3, -0.25) is 5.32 Å². The second-order valence-corrected chi connectivity index (χ2v) is 4.03. The fraction of sp³-hybridized carbons (Fsp3) is 1.00. The first-order chi connectivity index (χ1) is 6.81. The molecule has 0 saturated heterocycles. The van der Waals surface area contributed by atoms with E-state index in [1.807, 2.05) is 0 Å². The zero-order chi connectivity index (χ0) is 10.6. The van der Waals surface area contributed by atoms with Crippen LogP contribution in [-0.2, 0) is 0 Å². The molecule has 1 atom stereocenters. The van der Waals surface area contributed by atoms with E-state index >= 15 is 0 Å². The summed E-state index contributed by atoms with van der Waals surface area (Å²) in [5.74, 6) is 0. The Hall–Kier alpha value is -0.0800. The van der Waals surface area contributed by atoms with Crippen molar-refractivity contribution in [1.29, 1.82) is 0 Å². The molecule has 0 aliphatic carbocycles. The molecule has 0 saturated carbocycles. The zero-order valence-corrected chi connectivity index (χ0v) is 9.89. The van der Waals surface area contributed by atoms with Gasteiger partial charge < -0.3 is 5.11 Å². The largest absolute Gasteiger partial charge is 0.379 e. The summed E-state index contributed by atoms with van der Waals surface area (Å²) in [4.78, 5) is 0. The molecule has 0 aromatic carbocycles. The maximum absolute atomic E-state index is 9.54. The van der Waals surface area contributed by atoms with Crippen LogP contribution in [-0.4, -0.2) is 17.9 Å². The molecule has 0 aromatic rings. The summed E-state index contributed by atoms with van der Waals surface area (Å²) in [5, 5.41) is 12.7. The third-order valence-corrected chi connectivity index (χ3v) is 2.49. The van der Waals surface area contributed by atoms with Crippen molar-refractivity contribution in [3.63, 3.8) is 0 Å². The topological polar surface area (TPSA) is 32.3 Å². The molecule has 0 spiro atoms. The Labute approximate surface area is 89.1 Å². The van der Waals surface area contributed by atoms with Gasteiger partial charge in [0.1, 0.15) is 6.23 Å². The molecule has 0 aliphatic heterocycles. The number of hydrogen-bond acceptors (Lipinski definition) is 2. The highest BCUT2D eigenvalue weighted by atomic mass is 16.3. The number of hydrogen-bond donors (Lipinski definition) is 2. The molecule has 1 unspecified atom stereocenters. The van der Waals surface area contributed by atoms with E-state index in [2.05, 4.69) is 19.2 Å². The van der Waals surface area contributed by atoms with Crippen LogP contribution < -0.4 is 5.32 Å². The van der Waals surface area contributed by atoms with Crippen LogP contribution in [0.2, 0.25) is 0 Å². The first kappa shape index (κ1) is 13.9. The van der Waals surface area contributed by atoms with Crippen LogP contribution in [0.15, 0.2) is 0 Å². The van der Waals surface area contributed by atoms with Crippen LogP contribution in [0.1, 0.15) is 65.2 Å². The predicted octanol–water partition coefficient (Wildman–Crippen LogP) is 3.06. The van der Waals surface area contributed by atoms with Crippen molar-refractivity contribution in [3.8, 4) is 0 Å². The quantitative estimate of drug-likeness (QED) is 0.420. The first-order valence-corrected chi connectivity index (χ1v) is 6.22. The summed E-state index contributed by atoms with van der Waals surface area (Å²) in [6.07, 6.45) is 9.28. The van der Waals surface area contributed by atoms with Crippen LogP contribution in [0.3, 0.4) is 0 Å². The Morgan fingerprint density at radius 2 is 1.57 bits per heavy atom. The van der Waals surface area contributed by atoms with E-state index in [1.165, 1.54) is 38.5 Å². The first-order valence-electron chi connectivity index (χ1n) is 6.22. The fourth-order valence-corrected chi connectivity index (χ4v) is 1.51. The van der Waals surface area contributed by atoms with Crippen LogP contribution >= 0.6 is 0 Å². The molecule has 0 rings (SSSR count). The Balaban J connectivity index is 3.07. The lowest BCUT2D eigenvalue weighted by atomic mass is 10.1. The van der Waals surface area contributed by atoms with Crippen molar-refractivity contribution < 1.29 is 5.11 Å². The van der Waals surface area contributed by atoms with Gasteiger partial charge in [-0.05, 0) is 25.8 Å². The molecule has 0 aliphatic rings. The van der Waals surface area contributed by atoms with Crippen LogP contribution in [0.5, 0.6) is 0 Å². The lowest BCUT2D eigenvalue weighted by molar-refractivity contribution is 0.124. The van der Waals surface area contributed by atoms with Crippen molar-refractivity contribution in [2.45, 2.75) is 71.4 Å². The minimum Gasteiger partial charge on any atom is -0.379 e. The minimum absolute atomic E-state index is 0.274. The van der Waals surface area contributed by atoms with Crippen LogP contribution in [0.4, 0.5) is 0 Å². The Kier molecular flexibility index (Phi) is 10.9. The highest BCUT2D eigenvalue weighted by Crippen LogP contribution is 2.04. The molecule has 86 valence electrons. The van der Waals surface area contributed by atoms with Crippen molar-refractivity contribution in [1.82, 2.24) is 5.32 Å². The lowest BCUT2D eigenvalue weighted by Gasteiger charge is -2.12. The average Bonchev–Trinajstić information content (AvgIpc) is 2.19. The molecule has 0 amide bonds. The monoisotopic (exact) mass is 201 g/mol. The number of aliphatic hydroxyl groups is 1. The van der Waals surface area contributed by atoms with Crippen LogP contribution in [0, 0.1) is 0 Å². The highest BCUT2D eigenvalue weighted by molar-refractivity contribution is 4.54. The van der Waals surface area contributed by atoms with Crippen molar-refractivity contribution in [2.75, 3.05) is 6.54 Å². The van der Waals surface area contributed by atoms with Crippen molar-refractivity contribution >= 4 is 0 Å². The minimum atomic E-state index is -0.274. The van der Waals surface area contributed by atoms with Gasteiger partial charge in [0.25, 0.3) is 0 Å². The SMILES string of the molecule is CCCCCCC(O)NCCCCC. The summed E-state index contributed by atoms with van der Waals surface area (Å²) >= 11 is 0. The molecule has 0 fully saturated rings. The van der Waals surface area contributed by atoms with Gasteiger partial charge in [-0.1, -0.05) is 46.0 Å². The summed E-state index contributed by atoms with van der Waals surface area (Å²) in [6, 6.07) is 0. The Bertz CT molecular complexity index is 94.5. The zero-order valence-electron chi connectivity index (χ0n) is 9.89. The van der Waals surface area contributed by atoms with Gasteiger partial charge in [-0.25, -0.2) is 0 Å². The van der Waals surface area contributed by atoms with Crippen LogP contribution in [0.25, 0.3) is 0 Å². The molecule has 0 heterocycles. The van der Waals surface area contributed by atoms with Gasteiger partial charge in [-0.2, -0.15) is 0 Å². The summed E-state index contributed by atoms with van der Waals surface area (Å²) < 4.78 is 0. The van der Waals surface area contributed by atoms with Gasteiger partial charge in [0.15, 0.2) is 0 Å². The molecular formula is C12H27NO. The molecule has 14 heavy (non-hydrogen) atoms. The summed E-state index contributed by atoms with van der Waals surface area (Å²) in [7, 11) is 0. The highest BCUT2D eigenvalue weighted by Gasteiger charge is 2.01. The molecular weight excluding hydrogens is 174 g/mol. The third kappa shape index (κ3) is 10.0. The van der Waals surface area contributed by atoms with E-state index in [1.54, 1.807) is 0 Å². The van der Waals surface area contributed by atoms with E-state index in [4.69, 9.17) is 0 Å². The molecule has 0 aromatic heterocycles. The molecule has 2 N–H and O–H groups in total. The molecule has 2 heteroatoms. The summed E-state index contributed by atoms with van der Waals surface area (Å²) in [5.41, 5.74) is 0. The number of rotatable bonds is 10. The van der Waals surface area contributed by atoms with E-state index < -0.39 is 0 Å². The van der Waals surface area contributed by atoms with Gasteiger partial charge in [0.05, 0.1) is 0 Å².